The Labute approximate surface area is 134 Å². The van der Waals surface area contributed by atoms with Crippen LogP contribution in [0.15, 0.2) is 59.0 Å². The third-order valence-corrected chi connectivity index (χ3v) is 3.51. The molecule has 5 heteroatoms. The first-order valence-electron chi connectivity index (χ1n) is 7.51. The Balaban J connectivity index is 1.64. The topological polar surface area (TPSA) is 68.0 Å². The second-order valence-electron chi connectivity index (χ2n) is 5.17. The minimum Gasteiger partial charge on any atom is -0.407 e. The van der Waals surface area contributed by atoms with E-state index in [-0.39, 0.29) is 11.9 Å². The van der Waals surface area contributed by atoms with Gasteiger partial charge in [0.1, 0.15) is 0 Å². The van der Waals surface area contributed by atoms with Gasteiger partial charge in [-0.15, -0.1) is 5.10 Å². The lowest BCUT2D eigenvalue weighted by Gasteiger charge is -2.00. The molecule has 116 valence electrons. The molecule has 0 saturated carbocycles. The third kappa shape index (κ3) is 3.83. The highest BCUT2D eigenvalue weighted by Gasteiger charge is 2.11. The SMILES string of the molecule is CCc1ccc(Cc2nnc(NC(=O)c3ccccc3)o2)cc1. The van der Waals surface area contributed by atoms with Crippen LogP contribution < -0.4 is 5.32 Å². The zero-order valence-electron chi connectivity index (χ0n) is 12.8. The summed E-state index contributed by atoms with van der Waals surface area (Å²) in [5.74, 6) is 0.200. The van der Waals surface area contributed by atoms with Crippen LogP contribution in [-0.2, 0) is 12.8 Å². The molecule has 3 aromatic rings. The average molecular weight is 307 g/mol. The Morgan fingerprint density at radius 1 is 1.00 bits per heavy atom. The van der Waals surface area contributed by atoms with E-state index < -0.39 is 0 Å². The molecule has 23 heavy (non-hydrogen) atoms. The lowest BCUT2D eigenvalue weighted by molar-refractivity contribution is 0.102. The van der Waals surface area contributed by atoms with E-state index in [1.807, 2.05) is 18.2 Å². The predicted molar refractivity (Wildman–Crippen MR) is 87.3 cm³/mol. The standard InChI is InChI=1S/C18H17N3O2/c1-2-13-8-10-14(11-9-13)12-16-20-21-18(23-16)19-17(22)15-6-4-3-5-7-15/h3-11H,2,12H2,1H3,(H,19,21,22). The van der Waals surface area contributed by atoms with Gasteiger partial charge in [0.2, 0.25) is 5.89 Å². The van der Waals surface area contributed by atoms with Crippen molar-refractivity contribution < 1.29 is 9.21 Å². The second-order valence-corrected chi connectivity index (χ2v) is 5.17. The Bertz CT molecular complexity index is 780. The van der Waals surface area contributed by atoms with Crippen molar-refractivity contribution in [3.63, 3.8) is 0 Å². The molecule has 3 rings (SSSR count). The summed E-state index contributed by atoms with van der Waals surface area (Å²) < 4.78 is 5.48. The van der Waals surface area contributed by atoms with Gasteiger partial charge in [-0.1, -0.05) is 54.5 Å². The van der Waals surface area contributed by atoms with Crippen LogP contribution in [0.1, 0.15) is 34.3 Å². The quantitative estimate of drug-likeness (QED) is 0.783. The zero-order chi connectivity index (χ0) is 16.1. The number of rotatable bonds is 5. The van der Waals surface area contributed by atoms with E-state index in [1.54, 1.807) is 24.3 Å². The molecular formula is C18H17N3O2. The number of aryl methyl sites for hydroxylation is 1. The molecule has 0 fully saturated rings. The second kappa shape index (κ2) is 6.87. The number of benzene rings is 2. The smallest absolute Gasteiger partial charge is 0.322 e. The molecule has 1 aromatic heterocycles. The molecule has 0 bridgehead atoms. The number of carbonyl (C=O) groups excluding carboxylic acids is 1. The molecule has 0 aliphatic carbocycles. The van der Waals surface area contributed by atoms with Crippen molar-refractivity contribution in [2.75, 3.05) is 5.32 Å². The predicted octanol–water partition coefficient (Wildman–Crippen LogP) is 3.48. The Kier molecular flexibility index (Phi) is 4.47. The summed E-state index contributed by atoms with van der Waals surface area (Å²) in [6.07, 6.45) is 1.55. The lowest BCUT2D eigenvalue weighted by Crippen LogP contribution is -2.11. The van der Waals surface area contributed by atoms with Crippen molar-refractivity contribution in [1.82, 2.24) is 10.2 Å². The molecular weight excluding hydrogens is 290 g/mol. The van der Waals surface area contributed by atoms with Crippen LogP contribution in [0.25, 0.3) is 0 Å². The Hall–Kier alpha value is -2.95. The zero-order valence-corrected chi connectivity index (χ0v) is 12.8. The summed E-state index contributed by atoms with van der Waals surface area (Å²) in [6.45, 7) is 2.12. The molecule has 0 unspecified atom stereocenters. The van der Waals surface area contributed by atoms with E-state index >= 15 is 0 Å². The minimum absolute atomic E-state index is 0.110. The summed E-state index contributed by atoms with van der Waals surface area (Å²) in [7, 11) is 0. The average Bonchev–Trinajstić information content (AvgIpc) is 3.03. The van der Waals surface area contributed by atoms with Gasteiger partial charge in [-0.25, -0.2) is 0 Å². The fourth-order valence-corrected chi connectivity index (χ4v) is 2.20. The molecule has 1 amide bonds. The number of hydrogen-bond donors (Lipinski definition) is 1. The highest BCUT2D eigenvalue weighted by molar-refractivity contribution is 6.02. The first kappa shape index (κ1) is 15.0. The van der Waals surface area contributed by atoms with Crippen LogP contribution >= 0.6 is 0 Å². The van der Waals surface area contributed by atoms with Crippen LogP contribution in [0.3, 0.4) is 0 Å². The van der Waals surface area contributed by atoms with Gasteiger partial charge in [-0.2, -0.15) is 0 Å². The largest absolute Gasteiger partial charge is 0.407 e. The van der Waals surface area contributed by atoms with Crippen LogP contribution in [0.2, 0.25) is 0 Å². The maximum atomic E-state index is 12.0. The lowest BCUT2D eigenvalue weighted by atomic mass is 10.1. The van der Waals surface area contributed by atoms with Crippen molar-refractivity contribution in [3.05, 3.63) is 77.2 Å². The molecule has 2 aromatic carbocycles. The monoisotopic (exact) mass is 307 g/mol. The van der Waals surface area contributed by atoms with Crippen LogP contribution in [-0.4, -0.2) is 16.1 Å². The van der Waals surface area contributed by atoms with E-state index in [2.05, 4.69) is 34.6 Å². The van der Waals surface area contributed by atoms with Crippen molar-refractivity contribution in [3.8, 4) is 0 Å². The number of aromatic nitrogens is 2. The number of amides is 1. The van der Waals surface area contributed by atoms with E-state index in [4.69, 9.17) is 4.42 Å². The van der Waals surface area contributed by atoms with Crippen LogP contribution in [0.5, 0.6) is 0 Å². The summed E-state index contributed by atoms with van der Waals surface area (Å²) in [5, 5.41) is 10.4. The normalized spacial score (nSPS) is 10.5. The first-order chi connectivity index (χ1) is 11.2. The van der Waals surface area contributed by atoms with Gasteiger partial charge >= 0.3 is 6.01 Å². The highest BCUT2D eigenvalue weighted by atomic mass is 16.4. The van der Waals surface area contributed by atoms with Crippen molar-refractivity contribution in [2.24, 2.45) is 0 Å². The minimum atomic E-state index is -0.270. The number of hydrogen-bond acceptors (Lipinski definition) is 4. The van der Waals surface area contributed by atoms with Gasteiger partial charge in [0.15, 0.2) is 0 Å². The number of anilines is 1. The van der Waals surface area contributed by atoms with Gasteiger partial charge in [-0.3, -0.25) is 10.1 Å². The maximum Gasteiger partial charge on any atom is 0.322 e. The highest BCUT2D eigenvalue weighted by Crippen LogP contribution is 2.13. The molecule has 1 heterocycles. The van der Waals surface area contributed by atoms with Crippen molar-refractivity contribution >= 4 is 11.9 Å². The Morgan fingerprint density at radius 2 is 1.70 bits per heavy atom. The molecule has 1 N–H and O–H groups in total. The van der Waals surface area contributed by atoms with Gasteiger partial charge in [0.25, 0.3) is 5.91 Å². The van der Waals surface area contributed by atoms with Gasteiger partial charge in [0, 0.05) is 5.56 Å². The molecule has 5 nitrogen and oxygen atoms in total. The number of carbonyl (C=O) groups is 1. The number of nitrogens with zero attached hydrogens (tertiary/aromatic N) is 2. The molecule has 0 aliphatic rings. The molecule has 0 spiro atoms. The summed E-state index contributed by atoms with van der Waals surface area (Å²) in [6, 6.07) is 17.3. The Morgan fingerprint density at radius 3 is 2.39 bits per heavy atom. The summed E-state index contributed by atoms with van der Waals surface area (Å²) in [5.41, 5.74) is 2.92. The third-order valence-electron chi connectivity index (χ3n) is 3.51. The molecule has 0 saturated heterocycles. The van der Waals surface area contributed by atoms with Crippen molar-refractivity contribution in [2.45, 2.75) is 19.8 Å². The fourth-order valence-electron chi connectivity index (χ4n) is 2.20. The first-order valence-corrected chi connectivity index (χ1v) is 7.51. The van der Waals surface area contributed by atoms with E-state index in [0.717, 1.165) is 12.0 Å². The molecule has 0 atom stereocenters. The number of nitrogens with one attached hydrogen (secondary N) is 1. The van der Waals surface area contributed by atoms with Gasteiger partial charge in [0.05, 0.1) is 6.42 Å². The maximum absolute atomic E-state index is 12.0. The van der Waals surface area contributed by atoms with Crippen LogP contribution in [0, 0.1) is 0 Å². The van der Waals surface area contributed by atoms with Crippen molar-refractivity contribution in [1.29, 1.82) is 0 Å². The van der Waals surface area contributed by atoms with Gasteiger partial charge < -0.3 is 4.42 Å². The summed E-state index contributed by atoms with van der Waals surface area (Å²) >= 11 is 0. The molecule has 0 aliphatic heterocycles. The van der Waals surface area contributed by atoms with Gasteiger partial charge in [-0.05, 0) is 29.7 Å². The van der Waals surface area contributed by atoms with E-state index in [1.165, 1.54) is 5.56 Å². The van der Waals surface area contributed by atoms with Crippen LogP contribution in [0.4, 0.5) is 6.01 Å². The van der Waals surface area contributed by atoms with E-state index in [9.17, 15) is 4.79 Å². The van der Waals surface area contributed by atoms with E-state index in [0.29, 0.717) is 17.9 Å². The fraction of sp³-hybridized carbons (Fsp3) is 0.167. The molecule has 0 radical (unpaired) electrons. The summed E-state index contributed by atoms with van der Waals surface area (Å²) in [4.78, 5) is 12.0.